The Hall–Kier alpha value is -4.54. The maximum absolute atomic E-state index is 13.5. The van der Waals surface area contributed by atoms with Crippen LogP contribution >= 0.6 is 7.82 Å². The number of amides is 3. The van der Waals surface area contributed by atoms with Crippen LogP contribution in [0.4, 0.5) is 5.69 Å². The fraction of sp³-hybridized carbons (Fsp3) is 0.694. The van der Waals surface area contributed by atoms with Crippen molar-refractivity contribution in [2.75, 3.05) is 37.8 Å². The van der Waals surface area contributed by atoms with E-state index in [9.17, 15) is 33.4 Å². The predicted molar refractivity (Wildman–Crippen MR) is 307 cm³/mol. The van der Waals surface area contributed by atoms with Crippen LogP contribution in [0.1, 0.15) is 249 Å². The van der Waals surface area contributed by atoms with Gasteiger partial charge in [-0.15, -0.1) is 0 Å². The Morgan fingerprint density at radius 3 is 1.56 bits per heavy atom. The molecule has 0 saturated carbocycles. The Balaban J connectivity index is 1.34. The van der Waals surface area contributed by atoms with Crippen LogP contribution in [0, 0.1) is 11.8 Å². The van der Waals surface area contributed by atoms with Gasteiger partial charge in [-0.25, -0.2) is 4.57 Å². The Bertz CT molecular complexity index is 2070. The number of phosphoric ester groups is 1. The lowest BCUT2D eigenvalue weighted by Gasteiger charge is -2.26. The molecule has 2 aromatic carbocycles. The fourth-order valence-electron chi connectivity index (χ4n) is 9.36. The molecule has 14 nitrogen and oxygen atoms in total. The average Bonchev–Trinajstić information content (AvgIpc) is 3.42. The summed E-state index contributed by atoms with van der Waals surface area (Å²) in [6.07, 6.45) is 35.3. The highest BCUT2D eigenvalue weighted by Gasteiger charge is 2.27. The van der Waals surface area contributed by atoms with Crippen LogP contribution in [-0.2, 0) is 53.6 Å². The standard InChI is InChI=1S/C62H98N3O11P/c1-3-5-7-9-11-13-15-17-19-21-23-25-27-29-31-41-61(69)73-51-56(76-62(70)42-32-30-28-26-24-22-20-18-16-14-12-10-8-6-4-2)52-75-77(71,72)74-48-47-63-59(67)49-64-58(66)45-46-60(68)65-50-55-39-34-33-37-53(55)43-44-54-38-35-36-40-57(54)65/h33-40,56H,3-32,41-42,45-52H2,1-2H3,(H,63,67)(H,64,66)(H,71,72)/t56-/m1/s1. The van der Waals surface area contributed by atoms with Gasteiger partial charge in [0.15, 0.2) is 6.10 Å². The van der Waals surface area contributed by atoms with E-state index in [4.69, 9.17) is 18.5 Å². The van der Waals surface area contributed by atoms with Crippen LogP contribution in [0.25, 0.3) is 0 Å². The molecule has 3 N–H and O–H groups in total. The SMILES string of the molecule is CCCCCCCCCCCCCCCCCC(=O)OC[C@H](COP(=O)(O)OCCNC(=O)CNC(=O)CCC(=O)N1Cc2ccccc2C#Cc2ccccc21)OC(=O)CCCCCCCCCCCCCCCCC. The molecule has 2 atom stereocenters. The second kappa shape index (κ2) is 43.4. The zero-order valence-corrected chi connectivity index (χ0v) is 48.3. The molecule has 77 heavy (non-hydrogen) atoms. The Kier molecular flexibility index (Phi) is 37.6. The zero-order valence-electron chi connectivity index (χ0n) is 47.4. The smallest absolute Gasteiger partial charge is 0.462 e. The molecule has 3 amide bonds. The summed E-state index contributed by atoms with van der Waals surface area (Å²) in [6, 6.07) is 15.0. The summed E-state index contributed by atoms with van der Waals surface area (Å²) >= 11 is 0. The van der Waals surface area contributed by atoms with Gasteiger partial charge >= 0.3 is 19.8 Å². The van der Waals surface area contributed by atoms with E-state index in [0.717, 1.165) is 49.7 Å². The van der Waals surface area contributed by atoms with E-state index in [1.165, 1.54) is 141 Å². The van der Waals surface area contributed by atoms with E-state index < -0.39 is 50.9 Å². The van der Waals surface area contributed by atoms with E-state index >= 15 is 0 Å². The second-order valence-electron chi connectivity index (χ2n) is 20.8. The minimum Gasteiger partial charge on any atom is -0.462 e. The van der Waals surface area contributed by atoms with Gasteiger partial charge in [-0.05, 0) is 36.6 Å². The number of nitrogens with zero attached hydrogens (tertiary/aromatic N) is 1. The van der Waals surface area contributed by atoms with E-state index in [0.29, 0.717) is 30.6 Å². The molecule has 0 bridgehead atoms. The average molecular weight is 1090 g/mol. The van der Waals surface area contributed by atoms with E-state index in [2.05, 4.69) is 36.3 Å². The van der Waals surface area contributed by atoms with Gasteiger partial charge in [0.05, 0.1) is 32.0 Å². The van der Waals surface area contributed by atoms with Gasteiger partial charge in [0.25, 0.3) is 0 Å². The number of hydrogen-bond acceptors (Lipinski definition) is 10. The first-order valence-corrected chi connectivity index (χ1v) is 31.5. The number of nitrogens with one attached hydrogen (secondary N) is 2. The summed E-state index contributed by atoms with van der Waals surface area (Å²) in [5.74, 6) is 4.03. The van der Waals surface area contributed by atoms with E-state index in [-0.39, 0.29) is 51.3 Å². The summed E-state index contributed by atoms with van der Waals surface area (Å²) in [5.41, 5.74) is 3.07. The molecular formula is C62H98N3O11P. The lowest BCUT2D eigenvalue weighted by molar-refractivity contribution is -0.161. The summed E-state index contributed by atoms with van der Waals surface area (Å²) in [5, 5.41) is 5.01. The summed E-state index contributed by atoms with van der Waals surface area (Å²) in [4.78, 5) is 76.4. The number of para-hydroxylation sites is 1. The number of hydrogen-bond donors (Lipinski definition) is 3. The molecule has 0 saturated heterocycles. The summed E-state index contributed by atoms with van der Waals surface area (Å²) in [7, 11) is -4.70. The quantitative estimate of drug-likeness (QED) is 0.0248. The molecule has 2 aromatic rings. The molecule has 1 aliphatic heterocycles. The van der Waals surface area contributed by atoms with Crippen molar-refractivity contribution in [3.63, 3.8) is 0 Å². The minimum atomic E-state index is -4.70. The third-order valence-corrected chi connectivity index (χ3v) is 15.0. The van der Waals surface area contributed by atoms with Crippen molar-refractivity contribution < 1.29 is 52.0 Å². The van der Waals surface area contributed by atoms with Crippen LogP contribution in [0.2, 0.25) is 0 Å². The van der Waals surface area contributed by atoms with Crippen LogP contribution in [0.15, 0.2) is 48.5 Å². The first kappa shape index (κ1) is 66.7. The maximum atomic E-state index is 13.5. The number of fused-ring (bicyclic) bond motifs is 2. The summed E-state index contributed by atoms with van der Waals surface area (Å²) < 4.78 is 34.2. The minimum absolute atomic E-state index is 0.0986. The molecule has 0 aliphatic carbocycles. The first-order chi connectivity index (χ1) is 37.5. The topological polar surface area (TPSA) is 187 Å². The van der Waals surface area contributed by atoms with E-state index in [1.54, 1.807) is 4.90 Å². The second-order valence-corrected chi connectivity index (χ2v) is 22.3. The fourth-order valence-corrected chi connectivity index (χ4v) is 10.1. The molecule has 1 heterocycles. The number of carbonyl (C=O) groups is 5. The number of carbonyl (C=O) groups excluding carboxylic acids is 5. The molecule has 3 rings (SSSR count). The molecule has 0 radical (unpaired) electrons. The van der Waals surface area contributed by atoms with Crippen molar-refractivity contribution in [2.45, 2.75) is 245 Å². The molecule has 1 aliphatic rings. The number of ether oxygens (including phenoxy) is 2. The summed E-state index contributed by atoms with van der Waals surface area (Å²) in [6.45, 7) is 2.91. The maximum Gasteiger partial charge on any atom is 0.472 e. The van der Waals surface area contributed by atoms with Gasteiger partial charge in [0, 0.05) is 43.4 Å². The van der Waals surface area contributed by atoms with Gasteiger partial charge in [-0.1, -0.05) is 236 Å². The number of benzene rings is 2. The molecular weight excluding hydrogens is 994 g/mol. The molecule has 15 heteroatoms. The number of phosphoric acid groups is 1. The van der Waals surface area contributed by atoms with Crippen LogP contribution in [0.5, 0.6) is 0 Å². The number of rotatable bonds is 47. The number of esters is 2. The van der Waals surface area contributed by atoms with Crippen molar-refractivity contribution in [1.82, 2.24) is 10.6 Å². The normalized spacial score (nSPS) is 12.9. The molecule has 432 valence electrons. The monoisotopic (exact) mass is 1090 g/mol. The highest BCUT2D eigenvalue weighted by atomic mass is 31.2. The van der Waals surface area contributed by atoms with Crippen molar-refractivity contribution in [3.8, 4) is 11.8 Å². The van der Waals surface area contributed by atoms with E-state index in [1.807, 2.05) is 48.5 Å². The number of anilines is 1. The van der Waals surface area contributed by atoms with Gasteiger partial charge in [-0.2, -0.15) is 0 Å². The highest BCUT2D eigenvalue weighted by molar-refractivity contribution is 7.47. The van der Waals surface area contributed by atoms with Gasteiger partial charge in [0.1, 0.15) is 6.61 Å². The highest BCUT2D eigenvalue weighted by Crippen LogP contribution is 2.43. The van der Waals surface area contributed by atoms with Crippen LogP contribution in [-0.4, -0.2) is 73.6 Å². The van der Waals surface area contributed by atoms with Crippen molar-refractivity contribution in [1.29, 1.82) is 0 Å². The lowest BCUT2D eigenvalue weighted by atomic mass is 10.0. The van der Waals surface area contributed by atoms with Crippen molar-refractivity contribution >= 4 is 43.2 Å². The first-order valence-electron chi connectivity index (χ1n) is 30.0. The van der Waals surface area contributed by atoms with Crippen molar-refractivity contribution in [2.24, 2.45) is 0 Å². The van der Waals surface area contributed by atoms with Gasteiger partial charge in [-0.3, -0.25) is 33.0 Å². The predicted octanol–water partition coefficient (Wildman–Crippen LogP) is 14.1. The van der Waals surface area contributed by atoms with Gasteiger partial charge < -0.3 is 29.9 Å². The Morgan fingerprint density at radius 2 is 1.01 bits per heavy atom. The largest absolute Gasteiger partial charge is 0.472 e. The zero-order chi connectivity index (χ0) is 55.4. The van der Waals surface area contributed by atoms with Crippen LogP contribution < -0.4 is 15.5 Å². The third kappa shape index (κ3) is 33.5. The Morgan fingerprint density at radius 1 is 0.545 bits per heavy atom. The molecule has 0 fully saturated rings. The molecule has 0 spiro atoms. The molecule has 1 unspecified atom stereocenters. The van der Waals surface area contributed by atoms with Crippen LogP contribution in [0.3, 0.4) is 0 Å². The third-order valence-electron chi connectivity index (χ3n) is 14.0. The Labute approximate surface area is 463 Å². The van der Waals surface area contributed by atoms with Crippen molar-refractivity contribution in [3.05, 3.63) is 65.2 Å². The number of unbranched alkanes of at least 4 members (excludes halogenated alkanes) is 28. The van der Waals surface area contributed by atoms with Gasteiger partial charge in [0.2, 0.25) is 17.7 Å². The lowest BCUT2D eigenvalue weighted by Crippen LogP contribution is -2.39. The molecule has 0 aromatic heterocycles.